The number of anilines is 1. The molecule has 3 aromatic heterocycles. The lowest BCUT2D eigenvalue weighted by molar-refractivity contribution is 0.0723. The number of pyridine rings is 2. The minimum atomic E-state index is -0.469. The molecule has 0 aliphatic rings. The number of aryl methyl sites for hydroxylation is 1. The molecule has 3 heterocycles. The second-order valence-electron chi connectivity index (χ2n) is 9.35. The van der Waals surface area contributed by atoms with Crippen LogP contribution in [0.1, 0.15) is 53.8 Å². The Morgan fingerprint density at radius 2 is 1.85 bits per heavy atom. The van der Waals surface area contributed by atoms with E-state index < -0.39 is 5.82 Å². The molecule has 0 unspecified atom stereocenters. The summed E-state index contributed by atoms with van der Waals surface area (Å²) in [5.74, 6) is -0.289. The molecule has 7 nitrogen and oxygen atoms in total. The van der Waals surface area contributed by atoms with Gasteiger partial charge < -0.3 is 10.6 Å². The Labute approximate surface area is 197 Å². The molecule has 1 aromatic carbocycles. The molecular formula is C26H27FN6O. The molecule has 174 valence electrons. The molecule has 4 rings (SSSR count). The van der Waals surface area contributed by atoms with Crippen LogP contribution in [0.4, 0.5) is 10.2 Å². The number of benzene rings is 1. The summed E-state index contributed by atoms with van der Waals surface area (Å²) in [4.78, 5) is 23.6. The van der Waals surface area contributed by atoms with E-state index in [0.717, 1.165) is 16.6 Å². The zero-order valence-corrected chi connectivity index (χ0v) is 19.7. The highest BCUT2D eigenvalue weighted by Crippen LogP contribution is 2.22. The zero-order chi connectivity index (χ0) is 24.5. The average Bonchev–Trinajstić information content (AvgIpc) is 2.80. The molecule has 0 aliphatic carbocycles. The van der Waals surface area contributed by atoms with Gasteiger partial charge in [-0.1, -0.05) is 20.8 Å². The van der Waals surface area contributed by atoms with E-state index in [1.165, 1.54) is 23.2 Å². The van der Waals surface area contributed by atoms with Crippen LogP contribution in [0.3, 0.4) is 0 Å². The number of hydrogen-bond acceptors (Lipinski definition) is 6. The first-order valence-electron chi connectivity index (χ1n) is 11.0. The van der Waals surface area contributed by atoms with E-state index in [9.17, 15) is 9.18 Å². The van der Waals surface area contributed by atoms with Gasteiger partial charge in [0.25, 0.3) is 5.91 Å². The number of nitrogens with two attached hydrogens (primary N) is 1. The average molecular weight is 459 g/mol. The standard InChI is InChI=1S/C26H27FN6O/c1-16-12-18-13-17(7-9-21(18)30-24(16)28)25(34)33(15-22-20(27)6-5-11-29-22)14-19-8-10-23(32-31-19)26(2,3)4/h5-13H,14-15H2,1-4H3,(H2,28,30). The molecule has 0 fully saturated rings. The summed E-state index contributed by atoms with van der Waals surface area (Å²) in [5, 5.41) is 9.44. The van der Waals surface area contributed by atoms with Crippen LogP contribution in [0.5, 0.6) is 0 Å². The van der Waals surface area contributed by atoms with Crippen molar-refractivity contribution in [2.75, 3.05) is 5.73 Å². The van der Waals surface area contributed by atoms with Crippen molar-refractivity contribution < 1.29 is 9.18 Å². The van der Waals surface area contributed by atoms with Gasteiger partial charge in [-0.2, -0.15) is 10.2 Å². The van der Waals surface area contributed by atoms with Crippen molar-refractivity contribution in [3.8, 4) is 0 Å². The number of halogens is 1. The Morgan fingerprint density at radius 3 is 2.53 bits per heavy atom. The van der Waals surface area contributed by atoms with Crippen LogP contribution in [0, 0.1) is 12.7 Å². The number of fused-ring (bicyclic) bond motifs is 1. The third-order valence-corrected chi connectivity index (χ3v) is 5.59. The molecular weight excluding hydrogens is 431 g/mol. The summed E-state index contributed by atoms with van der Waals surface area (Å²) in [6, 6.07) is 13.7. The summed E-state index contributed by atoms with van der Waals surface area (Å²) >= 11 is 0. The fourth-order valence-electron chi connectivity index (χ4n) is 3.57. The SMILES string of the molecule is Cc1cc2cc(C(=O)N(Cc3ccc(C(C)(C)C)nn3)Cc3ncccc3F)ccc2nc1N. The Hall–Kier alpha value is -3.94. The Balaban J connectivity index is 1.68. The first kappa shape index (κ1) is 23.2. The molecule has 0 bridgehead atoms. The number of carbonyl (C=O) groups is 1. The number of rotatable bonds is 5. The topological polar surface area (TPSA) is 97.9 Å². The van der Waals surface area contributed by atoms with Gasteiger partial charge >= 0.3 is 0 Å². The van der Waals surface area contributed by atoms with Crippen LogP contribution in [-0.2, 0) is 18.5 Å². The second-order valence-corrected chi connectivity index (χ2v) is 9.35. The van der Waals surface area contributed by atoms with Crippen LogP contribution in [0.25, 0.3) is 10.9 Å². The Morgan fingerprint density at radius 1 is 1.06 bits per heavy atom. The summed E-state index contributed by atoms with van der Waals surface area (Å²) in [6.07, 6.45) is 1.51. The summed E-state index contributed by atoms with van der Waals surface area (Å²) in [7, 11) is 0. The van der Waals surface area contributed by atoms with E-state index in [-0.39, 0.29) is 30.1 Å². The van der Waals surface area contributed by atoms with Gasteiger partial charge in [-0.3, -0.25) is 9.78 Å². The Bertz CT molecular complexity index is 1350. The highest BCUT2D eigenvalue weighted by Gasteiger charge is 2.21. The maximum Gasteiger partial charge on any atom is 0.254 e. The number of nitrogens with zero attached hydrogens (tertiary/aromatic N) is 5. The minimum Gasteiger partial charge on any atom is -0.383 e. The number of nitrogen functional groups attached to an aromatic ring is 1. The molecule has 34 heavy (non-hydrogen) atoms. The van der Waals surface area contributed by atoms with Crippen molar-refractivity contribution >= 4 is 22.6 Å². The number of carbonyl (C=O) groups excluding carboxylic acids is 1. The van der Waals surface area contributed by atoms with Crippen LogP contribution in [0.2, 0.25) is 0 Å². The molecule has 0 spiro atoms. The Kier molecular flexibility index (Phi) is 6.24. The van der Waals surface area contributed by atoms with Gasteiger partial charge in [-0.15, -0.1) is 0 Å². The van der Waals surface area contributed by atoms with Crippen LogP contribution >= 0.6 is 0 Å². The minimum absolute atomic E-state index is 0.00867. The van der Waals surface area contributed by atoms with Gasteiger partial charge in [0.05, 0.1) is 35.7 Å². The molecule has 1 amide bonds. The van der Waals surface area contributed by atoms with Gasteiger partial charge in [-0.05, 0) is 61.0 Å². The molecule has 4 aromatic rings. The first-order chi connectivity index (χ1) is 16.1. The van der Waals surface area contributed by atoms with E-state index in [0.29, 0.717) is 22.6 Å². The highest BCUT2D eigenvalue weighted by atomic mass is 19.1. The van der Waals surface area contributed by atoms with Crippen molar-refractivity contribution in [2.45, 2.75) is 46.2 Å². The van der Waals surface area contributed by atoms with Crippen molar-refractivity contribution in [1.82, 2.24) is 25.1 Å². The van der Waals surface area contributed by atoms with Gasteiger partial charge in [0.2, 0.25) is 0 Å². The van der Waals surface area contributed by atoms with Gasteiger partial charge in [0.15, 0.2) is 0 Å². The van der Waals surface area contributed by atoms with Crippen molar-refractivity contribution in [2.24, 2.45) is 0 Å². The summed E-state index contributed by atoms with van der Waals surface area (Å²) < 4.78 is 14.4. The second kappa shape index (κ2) is 9.13. The fourth-order valence-corrected chi connectivity index (χ4v) is 3.57. The molecule has 2 N–H and O–H groups in total. The molecule has 0 saturated heterocycles. The van der Waals surface area contributed by atoms with Crippen LogP contribution in [0.15, 0.2) is 54.7 Å². The predicted molar refractivity (Wildman–Crippen MR) is 129 cm³/mol. The largest absolute Gasteiger partial charge is 0.383 e. The highest BCUT2D eigenvalue weighted by molar-refractivity contribution is 5.98. The number of amides is 1. The third kappa shape index (κ3) is 5.01. The maximum absolute atomic E-state index is 14.4. The molecule has 0 atom stereocenters. The number of hydrogen-bond donors (Lipinski definition) is 1. The van der Waals surface area contributed by atoms with Crippen LogP contribution < -0.4 is 5.73 Å². The summed E-state index contributed by atoms with van der Waals surface area (Å²) in [5.41, 5.74) is 9.39. The molecule has 0 aliphatic heterocycles. The fraction of sp³-hybridized carbons (Fsp3) is 0.269. The van der Waals surface area contributed by atoms with Gasteiger partial charge in [0.1, 0.15) is 11.6 Å². The lowest BCUT2D eigenvalue weighted by Gasteiger charge is -2.23. The zero-order valence-electron chi connectivity index (χ0n) is 19.7. The van der Waals surface area contributed by atoms with Crippen molar-refractivity contribution in [1.29, 1.82) is 0 Å². The smallest absolute Gasteiger partial charge is 0.254 e. The maximum atomic E-state index is 14.4. The normalized spacial score (nSPS) is 11.6. The monoisotopic (exact) mass is 458 g/mol. The lowest BCUT2D eigenvalue weighted by atomic mass is 9.92. The van der Waals surface area contributed by atoms with Gasteiger partial charge in [-0.25, -0.2) is 9.37 Å². The first-order valence-corrected chi connectivity index (χ1v) is 11.0. The quantitative estimate of drug-likeness (QED) is 0.470. The summed E-state index contributed by atoms with van der Waals surface area (Å²) in [6.45, 7) is 8.18. The lowest BCUT2D eigenvalue weighted by Crippen LogP contribution is -2.31. The predicted octanol–water partition coefficient (Wildman–Crippen LogP) is 4.59. The number of aromatic nitrogens is 4. The molecule has 8 heteroatoms. The van der Waals surface area contributed by atoms with E-state index in [2.05, 4.69) is 40.9 Å². The van der Waals surface area contributed by atoms with E-state index in [1.807, 2.05) is 25.1 Å². The van der Waals surface area contributed by atoms with E-state index in [1.54, 1.807) is 18.2 Å². The third-order valence-electron chi connectivity index (χ3n) is 5.59. The molecule has 0 saturated carbocycles. The van der Waals surface area contributed by atoms with Crippen molar-refractivity contribution in [3.05, 3.63) is 88.8 Å². The van der Waals surface area contributed by atoms with Crippen LogP contribution in [-0.4, -0.2) is 31.0 Å². The van der Waals surface area contributed by atoms with E-state index in [4.69, 9.17) is 5.73 Å². The van der Waals surface area contributed by atoms with Gasteiger partial charge in [0, 0.05) is 22.6 Å². The van der Waals surface area contributed by atoms with Crippen molar-refractivity contribution in [3.63, 3.8) is 0 Å². The van der Waals surface area contributed by atoms with E-state index >= 15 is 0 Å². The molecule has 0 radical (unpaired) electrons.